The van der Waals surface area contributed by atoms with Gasteiger partial charge in [-0.2, -0.15) is 5.26 Å². The predicted octanol–water partition coefficient (Wildman–Crippen LogP) is 4.02. The molecule has 1 heterocycles. The van der Waals surface area contributed by atoms with Crippen molar-refractivity contribution >= 4 is 22.9 Å². The van der Waals surface area contributed by atoms with Crippen LogP contribution in [-0.4, -0.2) is 15.5 Å². The third kappa shape index (κ3) is 3.22. The molecular weight excluding hydrogens is 319 g/mol. The maximum Gasteiger partial charge on any atom is 0.229 e. The highest BCUT2D eigenvalue weighted by Crippen LogP contribution is 2.26. The van der Waals surface area contributed by atoms with Crippen molar-refractivity contribution in [2.45, 2.75) is 20.3 Å². The van der Waals surface area contributed by atoms with Crippen LogP contribution in [0.25, 0.3) is 16.7 Å². The number of nitrogens with one attached hydrogen (secondary N) is 1. The second-order valence-corrected chi connectivity index (χ2v) is 5.86. The molecule has 0 radical (unpaired) electrons. The number of halogens is 1. The average Bonchev–Trinajstić information content (AvgIpc) is 2.98. The van der Waals surface area contributed by atoms with Gasteiger partial charge in [0.15, 0.2) is 0 Å². The van der Waals surface area contributed by atoms with Crippen molar-refractivity contribution in [3.63, 3.8) is 0 Å². The lowest BCUT2D eigenvalue weighted by atomic mass is 10.1. The Labute approximate surface area is 144 Å². The molecule has 0 aliphatic carbocycles. The Hall–Kier alpha value is -3.20. The van der Waals surface area contributed by atoms with Crippen molar-refractivity contribution in [3.8, 4) is 11.8 Å². The molecule has 1 amide bonds. The standard InChI is InChI=1S/C19H17FN4O/c1-3-12(2)18(25)23-19-22-16-9-4-13(11-21)10-17(16)24(19)15-7-5-14(20)6-8-15/h4-10,12H,3H2,1-2H3,(H,22,23,25). The summed E-state index contributed by atoms with van der Waals surface area (Å²) in [7, 11) is 0. The molecule has 2 aromatic carbocycles. The zero-order chi connectivity index (χ0) is 18.0. The molecule has 0 saturated carbocycles. The molecule has 6 heteroatoms. The molecule has 1 atom stereocenters. The van der Waals surface area contributed by atoms with Gasteiger partial charge in [-0.3, -0.25) is 14.7 Å². The Kier molecular flexibility index (Phi) is 4.48. The number of hydrogen-bond donors (Lipinski definition) is 1. The summed E-state index contributed by atoms with van der Waals surface area (Å²) in [4.78, 5) is 16.8. The highest BCUT2D eigenvalue weighted by Gasteiger charge is 2.18. The van der Waals surface area contributed by atoms with Crippen molar-refractivity contribution in [2.75, 3.05) is 5.32 Å². The molecule has 0 aliphatic rings. The average molecular weight is 336 g/mol. The number of aromatic nitrogens is 2. The Morgan fingerprint density at radius 3 is 2.68 bits per heavy atom. The summed E-state index contributed by atoms with van der Waals surface area (Å²) in [6, 6.07) is 13.1. The first-order chi connectivity index (χ1) is 12.0. The van der Waals surface area contributed by atoms with Crippen LogP contribution in [-0.2, 0) is 4.79 Å². The topological polar surface area (TPSA) is 70.7 Å². The van der Waals surface area contributed by atoms with Crippen LogP contribution in [0.3, 0.4) is 0 Å². The van der Waals surface area contributed by atoms with Crippen LogP contribution in [0.15, 0.2) is 42.5 Å². The fourth-order valence-corrected chi connectivity index (χ4v) is 2.50. The molecule has 25 heavy (non-hydrogen) atoms. The van der Waals surface area contributed by atoms with E-state index in [2.05, 4.69) is 16.4 Å². The lowest BCUT2D eigenvalue weighted by molar-refractivity contribution is -0.119. The number of benzene rings is 2. The highest BCUT2D eigenvalue weighted by molar-refractivity contribution is 5.93. The van der Waals surface area contributed by atoms with Crippen molar-refractivity contribution in [1.82, 2.24) is 9.55 Å². The second kappa shape index (κ2) is 6.73. The number of fused-ring (bicyclic) bond motifs is 1. The zero-order valence-corrected chi connectivity index (χ0v) is 14.0. The van der Waals surface area contributed by atoms with E-state index in [4.69, 9.17) is 5.26 Å². The minimum atomic E-state index is -0.351. The van der Waals surface area contributed by atoms with E-state index in [0.717, 1.165) is 0 Å². The number of imidazole rings is 1. The van der Waals surface area contributed by atoms with E-state index >= 15 is 0 Å². The summed E-state index contributed by atoms with van der Waals surface area (Å²) < 4.78 is 15.0. The lowest BCUT2D eigenvalue weighted by Crippen LogP contribution is -2.21. The molecule has 1 unspecified atom stereocenters. The molecule has 1 aromatic heterocycles. The number of rotatable bonds is 4. The van der Waals surface area contributed by atoms with Crippen LogP contribution in [0.5, 0.6) is 0 Å². The second-order valence-electron chi connectivity index (χ2n) is 5.86. The molecule has 3 rings (SSSR count). The minimum absolute atomic E-state index is 0.137. The SMILES string of the molecule is CCC(C)C(=O)Nc1nc2ccc(C#N)cc2n1-c1ccc(F)cc1. The van der Waals surface area contributed by atoms with Crippen LogP contribution in [0.1, 0.15) is 25.8 Å². The van der Waals surface area contributed by atoms with Crippen LogP contribution in [0.2, 0.25) is 0 Å². The smallest absolute Gasteiger partial charge is 0.229 e. The van der Waals surface area contributed by atoms with Gasteiger partial charge < -0.3 is 0 Å². The molecule has 0 aliphatic heterocycles. The fourth-order valence-electron chi connectivity index (χ4n) is 2.50. The quantitative estimate of drug-likeness (QED) is 0.782. The molecular formula is C19H17FN4O. The van der Waals surface area contributed by atoms with E-state index in [9.17, 15) is 9.18 Å². The predicted molar refractivity (Wildman–Crippen MR) is 93.8 cm³/mol. The third-order valence-corrected chi connectivity index (χ3v) is 4.16. The number of anilines is 1. The number of nitriles is 1. The molecule has 0 fully saturated rings. The van der Waals surface area contributed by atoms with Gasteiger partial charge in [0, 0.05) is 11.6 Å². The van der Waals surface area contributed by atoms with Crippen LogP contribution < -0.4 is 5.32 Å². The van der Waals surface area contributed by atoms with Gasteiger partial charge in [0.2, 0.25) is 11.9 Å². The van der Waals surface area contributed by atoms with Gasteiger partial charge in [0.25, 0.3) is 0 Å². The maximum absolute atomic E-state index is 13.3. The monoisotopic (exact) mass is 336 g/mol. The maximum atomic E-state index is 13.3. The van der Waals surface area contributed by atoms with Crippen molar-refractivity contribution in [2.24, 2.45) is 5.92 Å². The van der Waals surface area contributed by atoms with Gasteiger partial charge in [-0.05, 0) is 48.9 Å². The summed E-state index contributed by atoms with van der Waals surface area (Å²) in [6.45, 7) is 3.78. The summed E-state index contributed by atoms with van der Waals surface area (Å²) >= 11 is 0. The Morgan fingerprint density at radius 1 is 1.32 bits per heavy atom. The first-order valence-corrected chi connectivity index (χ1v) is 8.03. The first-order valence-electron chi connectivity index (χ1n) is 8.03. The highest BCUT2D eigenvalue weighted by atomic mass is 19.1. The molecule has 3 aromatic rings. The van der Waals surface area contributed by atoms with Crippen molar-refractivity contribution in [3.05, 3.63) is 53.8 Å². The van der Waals surface area contributed by atoms with Gasteiger partial charge in [0.05, 0.1) is 22.7 Å². The fraction of sp³-hybridized carbons (Fsp3) is 0.211. The number of carbonyl (C=O) groups excluding carboxylic acids is 1. The first kappa shape index (κ1) is 16.7. The van der Waals surface area contributed by atoms with Gasteiger partial charge in [0.1, 0.15) is 5.82 Å². The van der Waals surface area contributed by atoms with Crippen LogP contribution in [0.4, 0.5) is 10.3 Å². The van der Waals surface area contributed by atoms with E-state index in [1.165, 1.54) is 12.1 Å². The molecule has 126 valence electrons. The summed E-state index contributed by atoms with van der Waals surface area (Å²) in [5.74, 6) is -0.295. The largest absolute Gasteiger partial charge is 0.295 e. The Morgan fingerprint density at radius 2 is 2.04 bits per heavy atom. The summed E-state index contributed by atoms with van der Waals surface area (Å²) in [5.41, 5.74) is 2.45. The van der Waals surface area contributed by atoms with Crippen LogP contribution >= 0.6 is 0 Å². The molecule has 5 nitrogen and oxygen atoms in total. The van der Waals surface area contributed by atoms with Crippen molar-refractivity contribution < 1.29 is 9.18 Å². The van der Waals surface area contributed by atoms with Crippen molar-refractivity contribution in [1.29, 1.82) is 5.26 Å². The number of carbonyl (C=O) groups is 1. The van der Waals surface area contributed by atoms with E-state index in [-0.39, 0.29) is 17.6 Å². The lowest BCUT2D eigenvalue weighted by Gasteiger charge is -2.12. The van der Waals surface area contributed by atoms with Crippen LogP contribution in [0, 0.1) is 23.1 Å². The van der Waals surface area contributed by atoms with E-state index in [1.54, 1.807) is 34.9 Å². The van der Waals surface area contributed by atoms with Gasteiger partial charge >= 0.3 is 0 Å². The molecule has 1 N–H and O–H groups in total. The number of nitrogens with zero attached hydrogens (tertiary/aromatic N) is 3. The zero-order valence-electron chi connectivity index (χ0n) is 14.0. The number of hydrogen-bond acceptors (Lipinski definition) is 3. The molecule has 0 spiro atoms. The van der Waals surface area contributed by atoms with Gasteiger partial charge in [-0.25, -0.2) is 9.37 Å². The Bertz CT molecular complexity index is 969. The minimum Gasteiger partial charge on any atom is -0.295 e. The van der Waals surface area contributed by atoms with E-state index in [0.29, 0.717) is 34.7 Å². The molecule has 0 saturated heterocycles. The Balaban J connectivity index is 2.18. The molecule has 0 bridgehead atoms. The van der Waals surface area contributed by atoms with Gasteiger partial charge in [-0.15, -0.1) is 0 Å². The number of amides is 1. The van der Waals surface area contributed by atoms with Gasteiger partial charge in [-0.1, -0.05) is 13.8 Å². The van der Waals surface area contributed by atoms with E-state index < -0.39 is 0 Å². The third-order valence-electron chi connectivity index (χ3n) is 4.16. The summed E-state index contributed by atoms with van der Waals surface area (Å²) in [5, 5.41) is 12.0. The summed E-state index contributed by atoms with van der Waals surface area (Å²) in [6.07, 6.45) is 0.710. The van der Waals surface area contributed by atoms with E-state index in [1.807, 2.05) is 13.8 Å². The normalized spacial score (nSPS) is 11.9.